The van der Waals surface area contributed by atoms with Gasteiger partial charge < -0.3 is 29.6 Å². The van der Waals surface area contributed by atoms with Crippen LogP contribution in [0.15, 0.2) is 59.7 Å². The third-order valence-corrected chi connectivity index (χ3v) is 5.77. The van der Waals surface area contributed by atoms with Crippen molar-refractivity contribution >= 4 is 29.6 Å². The highest BCUT2D eigenvalue weighted by atomic mass is 16.7. The van der Waals surface area contributed by atoms with Crippen molar-refractivity contribution in [3.8, 4) is 23.0 Å². The average molecular weight is 547 g/mol. The summed E-state index contributed by atoms with van der Waals surface area (Å²) in [5, 5.41) is 9.23. The third-order valence-electron chi connectivity index (χ3n) is 5.77. The first-order valence-corrected chi connectivity index (χ1v) is 12.6. The average Bonchev–Trinajstić information content (AvgIpc) is 3.41. The molecule has 3 aromatic carbocycles. The molecule has 11 nitrogen and oxygen atoms in total. The van der Waals surface area contributed by atoms with Crippen molar-refractivity contribution in [2.24, 2.45) is 5.10 Å². The van der Waals surface area contributed by atoms with Gasteiger partial charge in [-0.25, -0.2) is 5.43 Å². The topological polar surface area (TPSA) is 137 Å². The maximum atomic E-state index is 12.4. The van der Waals surface area contributed by atoms with E-state index in [0.29, 0.717) is 35.2 Å². The summed E-state index contributed by atoms with van der Waals surface area (Å²) in [7, 11) is 0. The molecule has 4 rings (SSSR count). The van der Waals surface area contributed by atoms with E-state index >= 15 is 0 Å². The van der Waals surface area contributed by atoms with E-state index in [2.05, 4.69) is 21.2 Å². The summed E-state index contributed by atoms with van der Waals surface area (Å²) >= 11 is 0. The molecule has 0 aliphatic carbocycles. The van der Waals surface area contributed by atoms with Crippen LogP contribution in [0.25, 0.3) is 0 Å². The number of carbonyl (C=O) groups is 3. The van der Waals surface area contributed by atoms with Crippen LogP contribution < -0.4 is 35.0 Å². The first-order valence-electron chi connectivity index (χ1n) is 12.6. The standard InChI is InChI=1S/C29H30N4O7/c1-4-37-25-13-21(8-9-23(25)38-16-27(34)32-22-11-18(2)5-6-19(22)3)15-31-33-29(36)28(35)30-14-20-7-10-24-26(12-20)40-17-39-24/h5-13,15H,4,14,16-17H2,1-3H3,(H,30,35)(H,32,34)(H,33,36)/b31-15-. The molecule has 208 valence electrons. The minimum Gasteiger partial charge on any atom is -0.490 e. The van der Waals surface area contributed by atoms with E-state index in [0.717, 1.165) is 22.4 Å². The van der Waals surface area contributed by atoms with Crippen molar-refractivity contribution in [1.29, 1.82) is 0 Å². The second-order valence-corrected chi connectivity index (χ2v) is 8.86. The Morgan fingerprint density at radius 2 is 1.75 bits per heavy atom. The fourth-order valence-electron chi connectivity index (χ4n) is 3.72. The molecule has 0 radical (unpaired) electrons. The monoisotopic (exact) mass is 546 g/mol. The maximum Gasteiger partial charge on any atom is 0.329 e. The number of aryl methyl sites for hydroxylation is 2. The van der Waals surface area contributed by atoms with Gasteiger partial charge in [-0.2, -0.15) is 5.10 Å². The van der Waals surface area contributed by atoms with Gasteiger partial charge in [0.15, 0.2) is 29.6 Å². The molecule has 0 bridgehead atoms. The maximum absolute atomic E-state index is 12.4. The first-order chi connectivity index (χ1) is 19.3. The molecule has 3 amide bonds. The molecule has 40 heavy (non-hydrogen) atoms. The van der Waals surface area contributed by atoms with Crippen molar-refractivity contribution in [3.63, 3.8) is 0 Å². The Labute approximate surface area is 231 Å². The molecule has 0 saturated carbocycles. The second kappa shape index (κ2) is 13.1. The van der Waals surface area contributed by atoms with Crippen LogP contribution in [0.4, 0.5) is 5.69 Å². The van der Waals surface area contributed by atoms with Crippen LogP contribution in [0.3, 0.4) is 0 Å². The summed E-state index contributed by atoms with van der Waals surface area (Å²) in [5.41, 5.74) is 6.25. The second-order valence-electron chi connectivity index (χ2n) is 8.86. The quantitative estimate of drug-likeness (QED) is 0.202. The summed E-state index contributed by atoms with van der Waals surface area (Å²) in [5.74, 6) is -0.0659. The molecule has 0 fully saturated rings. The van der Waals surface area contributed by atoms with Crippen molar-refractivity contribution in [2.45, 2.75) is 27.3 Å². The Hall–Kier alpha value is -5.06. The molecule has 11 heteroatoms. The SMILES string of the molecule is CCOc1cc(/C=N\NC(=O)C(=O)NCc2ccc3c(c2)OCO3)ccc1OCC(=O)Nc1cc(C)ccc1C. The Morgan fingerprint density at radius 1 is 0.925 bits per heavy atom. The van der Waals surface area contributed by atoms with Gasteiger partial charge in [0.1, 0.15) is 0 Å². The Balaban J connectivity index is 1.28. The van der Waals surface area contributed by atoms with Gasteiger partial charge in [-0.3, -0.25) is 14.4 Å². The lowest BCUT2D eigenvalue weighted by atomic mass is 10.1. The zero-order chi connectivity index (χ0) is 28.5. The summed E-state index contributed by atoms with van der Waals surface area (Å²) in [4.78, 5) is 36.7. The Bertz CT molecular complexity index is 1440. The highest BCUT2D eigenvalue weighted by Gasteiger charge is 2.16. The van der Waals surface area contributed by atoms with E-state index in [1.807, 2.05) is 39.0 Å². The summed E-state index contributed by atoms with van der Waals surface area (Å²) < 4.78 is 21.9. The molecule has 1 aliphatic rings. The van der Waals surface area contributed by atoms with Crippen molar-refractivity contribution in [1.82, 2.24) is 10.7 Å². The lowest BCUT2D eigenvalue weighted by Crippen LogP contribution is -2.37. The summed E-state index contributed by atoms with van der Waals surface area (Å²) in [6.45, 7) is 6.13. The van der Waals surface area contributed by atoms with Gasteiger partial charge >= 0.3 is 11.8 Å². The van der Waals surface area contributed by atoms with E-state index in [9.17, 15) is 14.4 Å². The molecule has 3 aromatic rings. The highest BCUT2D eigenvalue weighted by Crippen LogP contribution is 2.32. The number of nitrogens with zero attached hydrogens (tertiary/aromatic N) is 1. The molecule has 0 saturated heterocycles. The number of fused-ring (bicyclic) bond motifs is 1. The van der Waals surface area contributed by atoms with Crippen LogP contribution in [0.1, 0.15) is 29.2 Å². The largest absolute Gasteiger partial charge is 0.490 e. The van der Waals surface area contributed by atoms with Crippen molar-refractivity contribution in [2.75, 3.05) is 25.3 Å². The predicted molar refractivity (Wildman–Crippen MR) is 148 cm³/mol. The molecule has 0 unspecified atom stereocenters. The first kappa shape index (κ1) is 28.0. The van der Waals surface area contributed by atoms with Crippen LogP contribution in [0.2, 0.25) is 0 Å². The smallest absolute Gasteiger partial charge is 0.329 e. The van der Waals surface area contributed by atoms with Gasteiger partial charge in [-0.05, 0) is 79.4 Å². The zero-order valence-electron chi connectivity index (χ0n) is 22.4. The number of carbonyl (C=O) groups excluding carboxylic acids is 3. The van der Waals surface area contributed by atoms with Crippen LogP contribution in [0.5, 0.6) is 23.0 Å². The number of amides is 3. The minimum atomic E-state index is -0.920. The summed E-state index contributed by atoms with van der Waals surface area (Å²) in [6.07, 6.45) is 1.36. The number of benzene rings is 3. The Kier molecular flexibility index (Phi) is 9.19. The van der Waals surface area contributed by atoms with Crippen LogP contribution in [-0.4, -0.2) is 43.9 Å². The lowest BCUT2D eigenvalue weighted by molar-refractivity contribution is -0.139. The molecule has 3 N–H and O–H groups in total. The van der Waals surface area contributed by atoms with E-state index in [1.54, 1.807) is 36.4 Å². The van der Waals surface area contributed by atoms with Crippen LogP contribution in [-0.2, 0) is 20.9 Å². The normalized spacial score (nSPS) is 11.7. The van der Waals surface area contributed by atoms with Gasteiger partial charge in [-0.1, -0.05) is 18.2 Å². The van der Waals surface area contributed by atoms with E-state index in [-0.39, 0.29) is 25.9 Å². The number of hydrogen-bond donors (Lipinski definition) is 3. The predicted octanol–water partition coefficient (Wildman–Crippen LogP) is 3.21. The van der Waals surface area contributed by atoms with Gasteiger partial charge in [0.2, 0.25) is 6.79 Å². The van der Waals surface area contributed by atoms with Crippen molar-refractivity contribution < 1.29 is 33.3 Å². The fraction of sp³-hybridized carbons (Fsp3) is 0.241. The van der Waals surface area contributed by atoms with Crippen molar-refractivity contribution in [3.05, 3.63) is 76.9 Å². The number of anilines is 1. The van der Waals surface area contributed by atoms with Gasteiger partial charge in [0.25, 0.3) is 5.91 Å². The molecule has 1 heterocycles. The van der Waals surface area contributed by atoms with E-state index in [1.165, 1.54) is 6.21 Å². The molecule has 0 spiro atoms. The van der Waals surface area contributed by atoms with Gasteiger partial charge in [0.05, 0.1) is 12.8 Å². The van der Waals surface area contributed by atoms with Crippen LogP contribution >= 0.6 is 0 Å². The molecular formula is C29H30N4O7. The fourth-order valence-corrected chi connectivity index (χ4v) is 3.72. The van der Waals surface area contributed by atoms with E-state index < -0.39 is 11.8 Å². The number of rotatable bonds is 10. The third kappa shape index (κ3) is 7.50. The van der Waals surface area contributed by atoms with E-state index in [4.69, 9.17) is 18.9 Å². The van der Waals surface area contributed by atoms with Crippen LogP contribution in [0, 0.1) is 13.8 Å². The molecule has 0 atom stereocenters. The Morgan fingerprint density at radius 3 is 2.58 bits per heavy atom. The molecule has 1 aliphatic heterocycles. The minimum absolute atomic E-state index is 0.133. The summed E-state index contributed by atoms with van der Waals surface area (Å²) in [6, 6.07) is 16.0. The zero-order valence-corrected chi connectivity index (χ0v) is 22.4. The van der Waals surface area contributed by atoms with Gasteiger partial charge in [-0.15, -0.1) is 0 Å². The van der Waals surface area contributed by atoms with Gasteiger partial charge in [0, 0.05) is 12.2 Å². The molecular weight excluding hydrogens is 516 g/mol. The number of hydrogen-bond acceptors (Lipinski definition) is 8. The lowest BCUT2D eigenvalue weighted by Gasteiger charge is -2.13. The highest BCUT2D eigenvalue weighted by molar-refractivity contribution is 6.35. The number of ether oxygens (including phenoxy) is 4. The number of nitrogens with one attached hydrogen (secondary N) is 3. The molecule has 0 aromatic heterocycles. The number of hydrazone groups is 1.